The summed E-state index contributed by atoms with van der Waals surface area (Å²) in [5.41, 5.74) is 0.586. The summed E-state index contributed by atoms with van der Waals surface area (Å²) in [4.78, 5) is 14.8. The molecule has 0 saturated heterocycles. The lowest BCUT2D eigenvalue weighted by atomic mass is 10.1. The van der Waals surface area contributed by atoms with Crippen molar-refractivity contribution in [2.75, 3.05) is 6.54 Å². The van der Waals surface area contributed by atoms with E-state index in [0.29, 0.717) is 18.0 Å². The van der Waals surface area contributed by atoms with Crippen molar-refractivity contribution < 1.29 is 13.6 Å². The summed E-state index contributed by atoms with van der Waals surface area (Å²) in [6.45, 7) is 0.294. The first kappa shape index (κ1) is 14.4. The van der Waals surface area contributed by atoms with Crippen LogP contribution in [0.15, 0.2) is 36.5 Å². The minimum absolute atomic E-state index is 0.294. The number of pyridine rings is 1. The molecule has 0 fully saturated rings. The van der Waals surface area contributed by atoms with Gasteiger partial charge < -0.3 is 5.32 Å². The maximum atomic E-state index is 13.3. The summed E-state index contributed by atoms with van der Waals surface area (Å²) in [5.74, 6) is -3.20. The van der Waals surface area contributed by atoms with Crippen molar-refractivity contribution in [1.29, 1.82) is 0 Å². The smallest absolute Gasteiger partial charge is 0.254 e. The lowest BCUT2D eigenvalue weighted by molar-refractivity contribution is 0.0948. The molecule has 20 heavy (non-hydrogen) atoms. The molecule has 104 valence electrons. The zero-order valence-corrected chi connectivity index (χ0v) is 11.1. The van der Waals surface area contributed by atoms with Gasteiger partial charge >= 0.3 is 0 Å². The van der Waals surface area contributed by atoms with Gasteiger partial charge in [0, 0.05) is 17.8 Å². The molecule has 1 aromatic heterocycles. The molecule has 1 aromatic carbocycles. The first-order valence-electron chi connectivity index (χ1n) is 5.90. The first-order valence-corrected chi connectivity index (χ1v) is 6.28. The predicted octanol–water partition coefficient (Wildman–Crippen LogP) is 2.99. The van der Waals surface area contributed by atoms with Crippen LogP contribution in [0, 0.1) is 11.8 Å². The Morgan fingerprint density at radius 2 is 2.10 bits per heavy atom. The van der Waals surface area contributed by atoms with Crippen molar-refractivity contribution in [3.8, 4) is 0 Å². The summed E-state index contributed by atoms with van der Waals surface area (Å²) >= 11 is 5.83. The maximum Gasteiger partial charge on any atom is 0.254 e. The number of benzene rings is 1. The van der Waals surface area contributed by atoms with Crippen LogP contribution in [0.25, 0.3) is 0 Å². The number of nitrogens with zero attached hydrogens (tertiary/aromatic N) is 1. The number of hydrogen-bond donors (Lipinski definition) is 1. The zero-order valence-electron chi connectivity index (χ0n) is 10.4. The molecule has 6 heteroatoms. The van der Waals surface area contributed by atoms with Gasteiger partial charge in [-0.3, -0.25) is 4.79 Å². The Labute approximate surface area is 119 Å². The van der Waals surface area contributed by atoms with Crippen LogP contribution in [-0.4, -0.2) is 17.4 Å². The molecule has 2 aromatic rings. The summed E-state index contributed by atoms with van der Waals surface area (Å²) in [7, 11) is 0. The molecule has 0 aliphatic rings. The number of aromatic nitrogens is 1. The fraction of sp³-hybridized carbons (Fsp3) is 0.143. The number of amides is 1. The van der Waals surface area contributed by atoms with Gasteiger partial charge in [-0.05, 0) is 30.2 Å². The Kier molecular flexibility index (Phi) is 4.63. The Hall–Kier alpha value is -2.01. The zero-order chi connectivity index (χ0) is 14.5. The van der Waals surface area contributed by atoms with E-state index in [2.05, 4.69) is 10.3 Å². The van der Waals surface area contributed by atoms with Gasteiger partial charge in [0.05, 0.1) is 5.56 Å². The highest BCUT2D eigenvalue weighted by Crippen LogP contribution is 2.11. The maximum absolute atomic E-state index is 13.3. The molecule has 0 spiro atoms. The molecule has 1 heterocycles. The van der Waals surface area contributed by atoms with Gasteiger partial charge in [-0.2, -0.15) is 4.39 Å². The topological polar surface area (TPSA) is 42.0 Å². The first-order chi connectivity index (χ1) is 9.58. The van der Waals surface area contributed by atoms with Crippen molar-refractivity contribution in [3.05, 3.63) is 64.4 Å². The van der Waals surface area contributed by atoms with Crippen molar-refractivity contribution in [1.82, 2.24) is 10.3 Å². The molecule has 1 amide bonds. The minimum atomic E-state index is -1.28. The fourth-order valence-corrected chi connectivity index (χ4v) is 1.91. The summed E-state index contributed by atoms with van der Waals surface area (Å²) in [5, 5.41) is 3.13. The third-order valence-corrected chi connectivity index (χ3v) is 2.91. The molecule has 0 saturated carbocycles. The lowest BCUT2D eigenvalue weighted by Crippen LogP contribution is -2.27. The van der Waals surface area contributed by atoms with E-state index in [1.165, 1.54) is 0 Å². The van der Waals surface area contributed by atoms with Crippen LogP contribution >= 0.6 is 11.6 Å². The lowest BCUT2D eigenvalue weighted by Gasteiger charge is -2.06. The van der Waals surface area contributed by atoms with Gasteiger partial charge in [-0.1, -0.05) is 23.7 Å². The largest absolute Gasteiger partial charge is 0.352 e. The van der Waals surface area contributed by atoms with E-state index >= 15 is 0 Å². The average Bonchev–Trinajstić information content (AvgIpc) is 2.42. The second kappa shape index (κ2) is 6.43. The summed E-state index contributed by atoms with van der Waals surface area (Å²) < 4.78 is 26.2. The van der Waals surface area contributed by atoms with Crippen LogP contribution in [0.4, 0.5) is 8.78 Å². The van der Waals surface area contributed by atoms with Crippen molar-refractivity contribution in [3.63, 3.8) is 0 Å². The van der Waals surface area contributed by atoms with Gasteiger partial charge in [0.2, 0.25) is 5.95 Å². The quantitative estimate of drug-likeness (QED) is 0.881. The second-order valence-electron chi connectivity index (χ2n) is 4.10. The molecule has 3 nitrogen and oxygen atoms in total. The molecule has 1 N–H and O–H groups in total. The standard InChI is InChI=1S/C14H11ClF2N2O/c15-10-3-1-2-9(8-10)4-6-19-14(20)11-5-7-18-13(17)12(11)16/h1-3,5,7-8H,4,6H2,(H,19,20). The Bertz CT molecular complexity index is 634. The van der Waals surface area contributed by atoms with Crippen LogP contribution in [0.1, 0.15) is 15.9 Å². The molecule has 0 bridgehead atoms. The summed E-state index contributed by atoms with van der Waals surface area (Å²) in [6, 6.07) is 8.33. The Balaban J connectivity index is 1.94. The number of carbonyl (C=O) groups excluding carboxylic acids is 1. The summed E-state index contributed by atoms with van der Waals surface area (Å²) in [6.07, 6.45) is 1.59. The van der Waals surface area contributed by atoms with E-state index in [4.69, 9.17) is 11.6 Å². The fourth-order valence-electron chi connectivity index (χ4n) is 1.70. The SMILES string of the molecule is O=C(NCCc1cccc(Cl)c1)c1ccnc(F)c1F. The molecular formula is C14H11ClF2N2O. The van der Waals surface area contributed by atoms with Gasteiger partial charge in [0.25, 0.3) is 5.91 Å². The number of halogens is 3. The van der Waals surface area contributed by atoms with Crippen LogP contribution in [0.5, 0.6) is 0 Å². The number of nitrogens with one attached hydrogen (secondary N) is 1. The monoisotopic (exact) mass is 296 g/mol. The van der Waals surface area contributed by atoms with E-state index in [1.54, 1.807) is 18.2 Å². The van der Waals surface area contributed by atoms with Gasteiger partial charge in [-0.25, -0.2) is 9.37 Å². The third-order valence-electron chi connectivity index (χ3n) is 2.68. The molecule has 0 aliphatic carbocycles. The van der Waals surface area contributed by atoms with Crippen molar-refractivity contribution in [2.45, 2.75) is 6.42 Å². The Morgan fingerprint density at radius 3 is 2.85 bits per heavy atom. The minimum Gasteiger partial charge on any atom is -0.352 e. The van der Waals surface area contributed by atoms with E-state index in [9.17, 15) is 13.6 Å². The highest BCUT2D eigenvalue weighted by atomic mass is 35.5. The van der Waals surface area contributed by atoms with Gasteiger partial charge in [-0.15, -0.1) is 0 Å². The van der Waals surface area contributed by atoms with Crippen LogP contribution in [-0.2, 0) is 6.42 Å². The number of hydrogen-bond acceptors (Lipinski definition) is 2. The van der Waals surface area contributed by atoms with Crippen LogP contribution < -0.4 is 5.32 Å². The van der Waals surface area contributed by atoms with E-state index < -0.39 is 17.7 Å². The molecule has 0 aliphatic heterocycles. The van der Waals surface area contributed by atoms with E-state index in [1.807, 2.05) is 6.07 Å². The van der Waals surface area contributed by atoms with Crippen LogP contribution in [0.3, 0.4) is 0 Å². The number of rotatable bonds is 4. The highest BCUT2D eigenvalue weighted by Gasteiger charge is 2.15. The normalized spacial score (nSPS) is 10.3. The molecule has 0 radical (unpaired) electrons. The van der Waals surface area contributed by atoms with E-state index in [-0.39, 0.29) is 5.56 Å². The third kappa shape index (κ3) is 3.51. The average molecular weight is 297 g/mol. The van der Waals surface area contributed by atoms with Crippen molar-refractivity contribution in [2.24, 2.45) is 0 Å². The molecule has 0 atom stereocenters. The molecule has 0 unspecified atom stereocenters. The van der Waals surface area contributed by atoms with Gasteiger partial charge in [0.15, 0.2) is 5.82 Å². The second-order valence-corrected chi connectivity index (χ2v) is 4.54. The van der Waals surface area contributed by atoms with Gasteiger partial charge in [0.1, 0.15) is 0 Å². The number of carbonyl (C=O) groups is 1. The molecular weight excluding hydrogens is 286 g/mol. The molecule has 2 rings (SSSR count). The van der Waals surface area contributed by atoms with E-state index in [0.717, 1.165) is 17.8 Å². The predicted molar refractivity (Wildman–Crippen MR) is 71.6 cm³/mol. The Morgan fingerprint density at radius 1 is 1.30 bits per heavy atom. The van der Waals surface area contributed by atoms with Crippen LogP contribution in [0.2, 0.25) is 5.02 Å². The van der Waals surface area contributed by atoms with Crippen molar-refractivity contribution >= 4 is 17.5 Å². The highest BCUT2D eigenvalue weighted by molar-refractivity contribution is 6.30.